The summed E-state index contributed by atoms with van der Waals surface area (Å²) in [5.41, 5.74) is 3.54. The minimum Gasteiger partial charge on any atom is -0.394 e. The number of alkyl halides is 2. The predicted molar refractivity (Wildman–Crippen MR) is 119 cm³/mol. The van der Waals surface area contributed by atoms with Crippen molar-refractivity contribution in [3.63, 3.8) is 0 Å². The number of aliphatic hydroxyl groups excluding tert-OH is 1. The fourth-order valence-corrected chi connectivity index (χ4v) is 4.39. The number of rotatable bonds is 8. The molecule has 1 aromatic carbocycles. The number of hydrogen-bond donors (Lipinski definition) is 3. The largest absolute Gasteiger partial charge is 0.394 e. The number of ether oxygens (including phenoxy) is 1. The van der Waals surface area contributed by atoms with E-state index in [2.05, 4.69) is 30.6 Å². The summed E-state index contributed by atoms with van der Waals surface area (Å²) in [5.74, 6) is 0.560. The maximum Gasteiger partial charge on any atom is 0.258 e. The second-order valence-corrected chi connectivity index (χ2v) is 8.24. The fourth-order valence-electron chi connectivity index (χ4n) is 4.39. The maximum atomic E-state index is 12.9. The van der Waals surface area contributed by atoms with Crippen LogP contribution in [0.5, 0.6) is 0 Å². The lowest BCUT2D eigenvalue weighted by Crippen LogP contribution is -2.30. The number of nitrogens with one attached hydrogen (secondary N) is 2. The molecule has 1 saturated carbocycles. The molecule has 4 aromatic rings. The highest BCUT2D eigenvalue weighted by Gasteiger charge is 2.22. The molecule has 9 nitrogen and oxygen atoms in total. The van der Waals surface area contributed by atoms with Crippen LogP contribution in [0.25, 0.3) is 33.2 Å². The molecule has 174 valence electrons. The lowest BCUT2D eigenvalue weighted by Gasteiger charge is -2.28. The number of H-pyrrole nitrogens is 1. The van der Waals surface area contributed by atoms with Crippen LogP contribution in [-0.2, 0) is 11.3 Å². The summed E-state index contributed by atoms with van der Waals surface area (Å²) in [6.07, 6.45) is 5.09. The normalized spacial score (nSPS) is 19.0. The van der Waals surface area contributed by atoms with Crippen molar-refractivity contribution >= 4 is 28.0 Å². The first-order chi connectivity index (χ1) is 16.1. The summed E-state index contributed by atoms with van der Waals surface area (Å²) >= 11 is 0. The maximum absolute atomic E-state index is 12.9. The Balaban J connectivity index is 1.33. The minimum atomic E-state index is -2.51. The Bertz CT molecular complexity index is 1230. The molecule has 3 heterocycles. The van der Waals surface area contributed by atoms with Crippen LogP contribution >= 0.6 is 0 Å². The van der Waals surface area contributed by atoms with Crippen LogP contribution in [0.15, 0.2) is 30.6 Å². The second-order valence-electron chi connectivity index (χ2n) is 8.24. The van der Waals surface area contributed by atoms with Gasteiger partial charge in [0.15, 0.2) is 0 Å². The van der Waals surface area contributed by atoms with E-state index >= 15 is 0 Å². The zero-order valence-electron chi connectivity index (χ0n) is 17.9. The highest BCUT2D eigenvalue weighted by molar-refractivity contribution is 5.95. The molecule has 0 aliphatic heterocycles. The summed E-state index contributed by atoms with van der Waals surface area (Å²) in [6, 6.07) is 5.74. The van der Waals surface area contributed by atoms with Crippen molar-refractivity contribution in [3.05, 3.63) is 30.6 Å². The van der Waals surface area contributed by atoms with Crippen molar-refractivity contribution in [2.24, 2.45) is 0 Å². The lowest BCUT2D eigenvalue weighted by molar-refractivity contribution is 0.00719. The van der Waals surface area contributed by atoms with Gasteiger partial charge in [0.1, 0.15) is 17.7 Å². The third-order valence-corrected chi connectivity index (χ3v) is 6.02. The molecule has 0 bridgehead atoms. The van der Waals surface area contributed by atoms with Gasteiger partial charge in [-0.25, -0.2) is 18.4 Å². The molecule has 5 rings (SSSR count). The molecule has 3 N–H and O–H groups in total. The van der Waals surface area contributed by atoms with E-state index in [-0.39, 0.29) is 18.8 Å². The molecular formula is C22H25F2N7O2. The van der Waals surface area contributed by atoms with Gasteiger partial charge < -0.3 is 20.1 Å². The van der Waals surface area contributed by atoms with Crippen molar-refractivity contribution < 1.29 is 18.6 Å². The molecule has 0 radical (unpaired) electrons. The molecule has 0 spiro atoms. The Morgan fingerprint density at radius 2 is 2.09 bits per heavy atom. The van der Waals surface area contributed by atoms with Crippen LogP contribution in [0.3, 0.4) is 0 Å². The van der Waals surface area contributed by atoms with Gasteiger partial charge in [0.25, 0.3) is 6.43 Å². The van der Waals surface area contributed by atoms with Gasteiger partial charge in [-0.3, -0.25) is 0 Å². The van der Waals surface area contributed by atoms with E-state index in [0.29, 0.717) is 29.2 Å². The molecule has 1 aliphatic rings. The highest BCUT2D eigenvalue weighted by atomic mass is 19.3. The minimum absolute atomic E-state index is 0.0499. The summed E-state index contributed by atoms with van der Waals surface area (Å²) in [7, 11) is 0. The van der Waals surface area contributed by atoms with E-state index in [9.17, 15) is 8.78 Å². The topological polar surface area (TPSA) is 114 Å². The van der Waals surface area contributed by atoms with Gasteiger partial charge in [-0.1, -0.05) is 11.3 Å². The van der Waals surface area contributed by atoms with E-state index in [1.807, 2.05) is 18.3 Å². The predicted octanol–water partition coefficient (Wildman–Crippen LogP) is 3.37. The monoisotopic (exact) mass is 457 g/mol. The van der Waals surface area contributed by atoms with Crippen LogP contribution in [0.1, 0.15) is 25.7 Å². The summed E-state index contributed by atoms with van der Waals surface area (Å²) < 4.78 is 32.5. The Labute approximate surface area is 188 Å². The van der Waals surface area contributed by atoms with Crippen LogP contribution in [0.2, 0.25) is 0 Å². The molecule has 0 unspecified atom stereocenters. The Morgan fingerprint density at radius 3 is 2.88 bits per heavy atom. The van der Waals surface area contributed by atoms with Gasteiger partial charge in [-0.05, 0) is 43.4 Å². The zero-order chi connectivity index (χ0) is 22.8. The van der Waals surface area contributed by atoms with E-state index in [1.54, 1.807) is 12.3 Å². The van der Waals surface area contributed by atoms with Crippen molar-refractivity contribution in [3.8, 4) is 11.1 Å². The van der Waals surface area contributed by atoms with Crippen LogP contribution in [-0.4, -0.2) is 66.8 Å². The number of aromatic nitrogens is 6. The summed E-state index contributed by atoms with van der Waals surface area (Å²) in [4.78, 5) is 12.3. The lowest BCUT2D eigenvalue weighted by atomic mass is 9.93. The number of nitrogens with zero attached hydrogens (tertiary/aromatic N) is 5. The van der Waals surface area contributed by atoms with Crippen molar-refractivity contribution in [2.75, 3.05) is 18.5 Å². The molecule has 0 saturated heterocycles. The highest BCUT2D eigenvalue weighted by Crippen LogP contribution is 2.30. The van der Waals surface area contributed by atoms with Gasteiger partial charge in [0, 0.05) is 29.4 Å². The molecule has 1 fully saturated rings. The molecule has 0 amide bonds. The number of aromatic amines is 1. The van der Waals surface area contributed by atoms with Crippen molar-refractivity contribution in [1.29, 1.82) is 0 Å². The molecule has 0 atom stereocenters. The third-order valence-electron chi connectivity index (χ3n) is 6.02. The summed E-state index contributed by atoms with van der Waals surface area (Å²) in [6.45, 7) is -0.0641. The van der Waals surface area contributed by atoms with Gasteiger partial charge in [-0.15, -0.1) is 5.10 Å². The van der Waals surface area contributed by atoms with Crippen molar-refractivity contribution in [1.82, 2.24) is 29.9 Å². The van der Waals surface area contributed by atoms with E-state index < -0.39 is 13.0 Å². The van der Waals surface area contributed by atoms with E-state index in [4.69, 9.17) is 9.84 Å². The third kappa shape index (κ3) is 4.64. The first kappa shape index (κ1) is 21.7. The number of hydrogen-bond acceptors (Lipinski definition) is 7. The molecule has 1 aliphatic carbocycles. The molecule has 11 heteroatoms. The quantitative estimate of drug-likeness (QED) is 0.372. The summed E-state index contributed by atoms with van der Waals surface area (Å²) in [5, 5.41) is 20.9. The number of fused-ring (bicyclic) bond motifs is 2. The van der Waals surface area contributed by atoms with E-state index in [0.717, 1.165) is 42.2 Å². The zero-order valence-corrected chi connectivity index (χ0v) is 17.9. The van der Waals surface area contributed by atoms with E-state index in [1.165, 1.54) is 4.68 Å². The second kappa shape index (κ2) is 9.36. The van der Waals surface area contributed by atoms with Gasteiger partial charge in [0.05, 0.1) is 24.8 Å². The first-order valence-electron chi connectivity index (χ1n) is 11.1. The van der Waals surface area contributed by atoms with Crippen LogP contribution in [0, 0.1) is 0 Å². The average Bonchev–Trinajstić information content (AvgIpc) is 3.42. The van der Waals surface area contributed by atoms with Gasteiger partial charge in [0.2, 0.25) is 5.95 Å². The Morgan fingerprint density at radius 1 is 1.24 bits per heavy atom. The number of halogens is 2. The molecular weight excluding hydrogens is 432 g/mol. The Kier molecular flexibility index (Phi) is 6.14. The van der Waals surface area contributed by atoms with Crippen LogP contribution < -0.4 is 5.32 Å². The number of aliphatic hydroxyl groups is 1. The Hall–Kier alpha value is -3.18. The first-order valence-corrected chi connectivity index (χ1v) is 11.1. The van der Waals surface area contributed by atoms with Crippen molar-refractivity contribution in [2.45, 2.75) is 50.8 Å². The fraction of sp³-hybridized carbons (Fsp3) is 0.455. The number of benzene rings is 1. The standard InChI is InChI=1S/C22H25F2N7O2/c23-20(24)12-31-19-9-13(1-6-18(19)29-30-31)16-10-25-21-17(16)11-26-22(28-21)27-14-2-4-15(5-3-14)33-8-7-32/h1,6,9-11,14-15,20,32H,2-5,7-8,12H2,(H2,25,26,27,28)/t14-,15+. The number of anilines is 1. The average molecular weight is 457 g/mol. The van der Waals surface area contributed by atoms with Crippen LogP contribution in [0.4, 0.5) is 14.7 Å². The van der Waals surface area contributed by atoms with Gasteiger partial charge >= 0.3 is 0 Å². The molecule has 3 aromatic heterocycles. The smallest absolute Gasteiger partial charge is 0.258 e. The van der Waals surface area contributed by atoms with Gasteiger partial charge in [-0.2, -0.15) is 4.98 Å². The molecule has 33 heavy (non-hydrogen) atoms. The SMILES string of the molecule is OCCO[C@H]1CC[C@@H](Nc2ncc3c(-c4ccc5nnn(CC(F)F)c5c4)c[nH]c3n2)CC1.